The van der Waals surface area contributed by atoms with Crippen LogP contribution in [0.3, 0.4) is 0 Å². The van der Waals surface area contributed by atoms with Gasteiger partial charge in [0.05, 0.1) is 18.4 Å². The molecule has 5 rings (SSSR count). The summed E-state index contributed by atoms with van der Waals surface area (Å²) < 4.78 is 19.0. The van der Waals surface area contributed by atoms with E-state index in [1.54, 1.807) is 0 Å². The van der Waals surface area contributed by atoms with Crippen LogP contribution in [0.5, 0.6) is 5.75 Å². The summed E-state index contributed by atoms with van der Waals surface area (Å²) in [6, 6.07) is 10.9. The summed E-state index contributed by atoms with van der Waals surface area (Å²) in [6.07, 6.45) is 4.45. The van der Waals surface area contributed by atoms with E-state index in [-0.39, 0.29) is 11.3 Å². The molecule has 0 aromatic heterocycles. The number of methoxy groups -OCH3 is 1. The summed E-state index contributed by atoms with van der Waals surface area (Å²) in [6.45, 7) is 3.08. The SMILES string of the molecule is COc1ccc(F)cc1C(=O)CCC[C@]12CCNC[C@H]1c1cccc3c1N2CCCS3. The molecule has 6 heteroatoms. The Balaban J connectivity index is 1.39. The van der Waals surface area contributed by atoms with Crippen LogP contribution in [0, 0.1) is 5.82 Å². The number of halogens is 1. The van der Waals surface area contributed by atoms with Crippen LogP contribution in [0.15, 0.2) is 41.3 Å². The number of carbonyl (C=O) groups excluding carboxylic acids is 1. The van der Waals surface area contributed by atoms with E-state index in [1.807, 2.05) is 11.8 Å². The van der Waals surface area contributed by atoms with E-state index in [4.69, 9.17) is 4.74 Å². The fourth-order valence-corrected chi connectivity index (χ4v) is 6.88. The largest absolute Gasteiger partial charge is 0.496 e. The second-order valence-corrected chi connectivity index (χ2v) is 9.92. The molecule has 1 fully saturated rings. The Hall–Kier alpha value is -2.05. The van der Waals surface area contributed by atoms with Crippen molar-refractivity contribution in [3.05, 3.63) is 53.3 Å². The summed E-state index contributed by atoms with van der Waals surface area (Å²) >= 11 is 1.98. The topological polar surface area (TPSA) is 41.6 Å². The molecule has 0 bridgehead atoms. The van der Waals surface area contributed by atoms with E-state index >= 15 is 0 Å². The number of anilines is 1. The van der Waals surface area contributed by atoms with Gasteiger partial charge in [0, 0.05) is 35.9 Å². The van der Waals surface area contributed by atoms with Gasteiger partial charge in [-0.05, 0) is 67.8 Å². The lowest BCUT2D eigenvalue weighted by Crippen LogP contribution is -2.56. The van der Waals surface area contributed by atoms with Gasteiger partial charge < -0.3 is 15.0 Å². The van der Waals surface area contributed by atoms with E-state index in [1.165, 1.54) is 47.9 Å². The predicted molar refractivity (Wildman–Crippen MR) is 123 cm³/mol. The van der Waals surface area contributed by atoms with Gasteiger partial charge >= 0.3 is 0 Å². The van der Waals surface area contributed by atoms with Crippen molar-refractivity contribution in [3.63, 3.8) is 0 Å². The molecule has 0 unspecified atom stereocenters. The van der Waals surface area contributed by atoms with E-state index in [0.717, 1.165) is 44.6 Å². The van der Waals surface area contributed by atoms with Crippen LogP contribution in [-0.4, -0.2) is 43.8 Å². The van der Waals surface area contributed by atoms with Crippen molar-refractivity contribution in [1.29, 1.82) is 0 Å². The van der Waals surface area contributed by atoms with Crippen molar-refractivity contribution >= 4 is 23.2 Å². The summed E-state index contributed by atoms with van der Waals surface area (Å²) in [5.74, 6) is 1.62. The number of nitrogens with zero attached hydrogens (tertiary/aromatic N) is 1. The lowest BCUT2D eigenvalue weighted by atomic mass is 9.73. The number of hydrogen-bond acceptors (Lipinski definition) is 5. The number of para-hydroxylation sites is 1. The van der Waals surface area contributed by atoms with Crippen molar-refractivity contribution in [2.24, 2.45) is 0 Å². The number of ketones is 1. The molecule has 0 aliphatic carbocycles. The van der Waals surface area contributed by atoms with Crippen LogP contribution in [0.1, 0.15) is 53.9 Å². The fraction of sp³-hybridized carbons (Fsp3) is 0.480. The molecule has 1 N–H and O–H groups in total. The summed E-state index contributed by atoms with van der Waals surface area (Å²) in [5.41, 5.74) is 3.33. The highest BCUT2D eigenvalue weighted by Crippen LogP contribution is 2.56. The molecule has 3 aliphatic rings. The monoisotopic (exact) mass is 440 g/mol. The smallest absolute Gasteiger partial charge is 0.166 e. The Bertz CT molecular complexity index is 997. The van der Waals surface area contributed by atoms with Crippen LogP contribution >= 0.6 is 11.8 Å². The zero-order valence-electron chi connectivity index (χ0n) is 18.0. The molecule has 2 aromatic carbocycles. The molecular weight excluding hydrogens is 411 g/mol. The summed E-state index contributed by atoms with van der Waals surface area (Å²) in [5, 5.41) is 3.61. The molecule has 1 saturated heterocycles. The van der Waals surface area contributed by atoms with Crippen molar-refractivity contribution < 1.29 is 13.9 Å². The Morgan fingerprint density at radius 3 is 3.13 bits per heavy atom. The third-order valence-electron chi connectivity index (χ3n) is 7.20. The zero-order valence-corrected chi connectivity index (χ0v) is 18.8. The molecule has 3 aliphatic heterocycles. The quantitative estimate of drug-likeness (QED) is 0.639. The number of ether oxygens (including phenoxy) is 1. The number of carbonyl (C=O) groups is 1. The first-order valence-electron chi connectivity index (χ1n) is 11.2. The molecule has 0 radical (unpaired) electrons. The van der Waals surface area contributed by atoms with E-state index in [2.05, 4.69) is 28.4 Å². The first kappa shape index (κ1) is 20.8. The van der Waals surface area contributed by atoms with Gasteiger partial charge in [0.2, 0.25) is 0 Å². The van der Waals surface area contributed by atoms with Gasteiger partial charge in [0.25, 0.3) is 0 Å². The second kappa shape index (κ2) is 8.47. The Morgan fingerprint density at radius 2 is 2.26 bits per heavy atom. The van der Waals surface area contributed by atoms with Gasteiger partial charge in [-0.15, -0.1) is 11.8 Å². The van der Waals surface area contributed by atoms with Crippen LogP contribution in [0.4, 0.5) is 10.1 Å². The number of piperidine rings is 1. The van der Waals surface area contributed by atoms with E-state index < -0.39 is 5.82 Å². The molecule has 0 saturated carbocycles. The highest BCUT2D eigenvalue weighted by Gasteiger charge is 2.52. The molecule has 2 aromatic rings. The highest BCUT2D eigenvalue weighted by molar-refractivity contribution is 7.99. The van der Waals surface area contributed by atoms with Crippen molar-refractivity contribution in [1.82, 2.24) is 5.32 Å². The minimum atomic E-state index is -0.401. The molecule has 0 spiro atoms. The normalized spacial score (nSPS) is 24.3. The molecule has 0 amide bonds. The molecular formula is C25H29FN2O2S. The Morgan fingerprint density at radius 1 is 1.35 bits per heavy atom. The molecule has 4 nitrogen and oxygen atoms in total. The maximum Gasteiger partial charge on any atom is 0.166 e. The van der Waals surface area contributed by atoms with E-state index in [0.29, 0.717) is 23.7 Å². The average Bonchev–Trinajstić information content (AvgIpc) is 2.91. The third kappa shape index (κ3) is 3.54. The predicted octanol–water partition coefficient (Wildman–Crippen LogP) is 5.02. The molecule has 164 valence electrons. The number of Topliss-reactive ketones (excluding diaryl/α,β-unsaturated/α-hetero) is 1. The molecule has 31 heavy (non-hydrogen) atoms. The number of nitrogens with one attached hydrogen (secondary N) is 1. The Labute approximate surface area is 187 Å². The Kier molecular flexibility index (Phi) is 5.69. The van der Waals surface area contributed by atoms with Crippen LogP contribution < -0.4 is 15.0 Å². The third-order valence-corrected chi connectivity index (χ3v) is 8.34. The van der Waals surface area contributed by atoms with Crippen LogP contribution in [0.25, 0.3) is 0 Å². The van der Waals surface area contributed by atoms with Gasteiger partial charge in [-0.2, -0.15) is 0 Å². The summed E-state index contributed by atoms with van der Waals surface area (Å²) in [7, 11) is 1.52. The minimum absolute atomic E-state index is 0.0409. The van der Waals surface area contributed by atoms with Crippen LogP contribution in [0.2, 0.25) is 0 Å². The molecule has 2 atom stereocenters. The van der Waals surface area contributed by atoms with Gasteiger partial charge in [0.1, 0.15) is 11.6 Å². The highest BCUT2D eigenvalue weighted by atomic mass is 32.2. The summed E-state index contributed by atoms with van der Waals surface area (Å²) in [4.78, 5) is 17.0. The average molecular weight is 441 g/mol. The lowest BCUT2D eigenvalue weighted by Gasteiger charge is -2.47. The van der Waals surface area contributed by atoms with Crippen LogP contribution in [-0.2, 0) is 0 Å². The van der Waals surface area contributed by atoms with Gasteiger partial charge in [-0.25, -0.2) is 4.39 Å². The van der Waals surface area contributed by atoms with Gasteiger partial charge in [0.15, 0.2) is 5.78 Å². The number of benzene rings is 2. The van der Waals surface area contributed by atoms with E-state index in [9.17, 15) is 9.18 Å². The zero-order chi connectivity index (χ0) is 21.4. The maximum absolute atomic E-state index is 13.7. The standard InChI is InChI=1S/C25H29FN2O2S/c1-30-22-9-8-17(26)15-19(22)21(29)6-3-10-25-11-12-27-16-20(25)18-5-2-7-23-24(18)28(25)13-4-14-31-23/h2,5,7-9,15,20,27H,3-4,6,10-14,16H2,1H3/t20-,25-/m0/s1. The number of hydrogen-bond donors (Lipinski definition) is 1. The molecule has 3 heterocycles. The fourth-order valence-electron chi connectivity index (χ4n) is 5.85. The van der Waals surface area contributed by atoms with Gasteiger partial charge in [-0.1, -0.05) is 12.1 Å². The van der Waals surface area contributed by atoms with Crippen molar-refractivity contribution in [3.8, 4) is 5.75 Å². The lowest BCUT2D eigenvalue weighted by molar-refractivity contribution is 0.0971. The first-order chi connectivity index (χ1) is 15.1. The number of thioether (sulfide) groups is 1. The second-order valence-electron chi connectivity index (χ2n) is 8.78. The number of fused-ring (bicyclic) bond motifs is 3. The van der Waals surface area contributed by atoms with Gasteiger partial charge in [-0.3, -0.25) is 4.79 Å². The number of rotatable bonds is 6. The van der Waals surface area contributed by atoms with Crippen molar-refractivity contribution in [2.45, 2.75) is 48.5 Å². The maximum atomic E-state index is 13.7. The van der Waals surface area contributed by atoms with Crippen molar-refractivity contribution in [2.75, 3.05) is 37.4 Å². The first-order valence-corrected chi connectivity index (χ1v) is 12.2. The minimum Gasteiger partial charge on any atom is -0.496 e.